The maximum absolute atomic E-state index is 12.5. The molecule has 0 bridgehead atoms. The fourth-order valence-electron chi connectivity index (χ4n) is 4.72. The molecule has 1 amide bonds. The average Bonchev–Trinajstić information content (AvgIpc) is 3.58. The second kappa shape index (κ2) is 11.4. The van der Waals surface area contributed by atoms with Crippen molar-refractivity contribution in [2.24, 2.45) is 5.92 Å². The standard InChI is InChI=1S/C26H34N8O2S/c1-17-16-21(32-31-17)28-23-22(36-3)24(34-14-12-33(2)13-15-34)30-26(29-23)37-20-10-8-19(9-11-20)27-25(35)18-6-4-5-7-18/h8-11,16,18H,4-7,12-15H2,1-3H3,(H,27,35)(H2,28,29,30,31,32). The molecule has 3 N–H and O–H groups in total. The number of aromatic nitrogens is 4. The molecule has 1 aliphatic heterocycles. The van der Waals surface area contributed by atoms with Gasteiger partial charge in [0.25, 0.3) is 0 Å². The summed E-state index contributed by atoms with van der Waals surface area (Å²) in [5.74, 6) is 2.86. The summed E-state index contributed by atoms with van der Waals surface area (Å²) in [5, 5.41) is 14.2. The Morgan fingerprint density at radius 2 is 1.84 bits per heavy atom. The number of hydrogen-bond donors (Lipinski definition) is 3. The molecule has 10 nitrogen and oxygen atoms in total. The van der Waals surface area contributed by atoms with Crippen LogP contribution >= 0.6 is 11.8 Å². The zero-order chi connectivity index (χ0) is 25.8. The van der Waals surface area contributed by atoms with Gasteiger partial charge < -0.3 is 25.2 Å². The number of hydrogen-bond acceptors (Lipinski definition) is 9. The number of rotatable bonds is 8. The summed E-state index contributed by atoms with van der Waals surface area (Å²) < 4.78 is 5.81. The Morgan fingerprint density at radius 3 is 2.49 bits per heavy atom. The number of likely N-dealkylation sites (N-methyl/N-ethyl adjacent to an activating group) is 1. The number of piperazine rings is 1. The number of benzene rings is 1. The number of methoxy groups -OCH3 is 1. The molecule has 1 saturated carbocycles. The molecule has 37 heavy (non-hydrogen) atoms. The highest BCUT2D eigenvalue weighted by atomic mass is 32.2. The van der Waals surface area contributed by atoms with Gasteiger partial charge in [-0.3, -0.25) is 9.89 Å². The maximum Gasteiger partial charge on any atom is 0.227 e. The number of aromatic amines is 1. The van der Waals surface area contributed by atoms with E-state index >= 15 is 0 Å². The number of nitrogens with one attached hydrogen (secondary N) is 3. The Bertz CT molecular complexity index is 1220. The molecule has 3 aromatic rings. The van der Waals surface area contributed by atoms with Crippen molar-refractivity contribution in [2.75, 3.05) is 55.9 Å². The molecule has 0 spiro atoms. The molecular formula is C26H34N8O2S. The first-order valence-corrected chi connectivity index (χ1v) is 13.6. The molecule has 11 heteroatoms. The minimum Gasteiger partial charge on any atom is -0.490 e. The molecule has 1 aliphatic carbocycles. The molecule has 0 unspecified atom stereocenters. The lowest BCUT2D eigenvalue weighted by molar-refractivity contribution is -0.119. The third kappa shape index (κ3) is 6.16. The number of H-pyrrole nitrogens is 1. The van der Waals surface area contributed by atoms with Crippen molar-refractivity contribution in [3.8, 4) is 5.75 Å². The Hall–Kier alpha value is -3.31. The number of ether oxygens (including phenoxy) is 1. The highest BCUT2D eigenvalue weighted by molar-refractivity contribution is 7.99. The smallest absolute Gasteiger partial charge is 0.227 e. The van der Waals surface area contributed by atoms with Crippen LogP contribution in [-0.2, 0) is 4.79 Å². The van der Waals surface area contributed by atoms with Gasteiger partial charge in [-0.25, -0.2) is 9.97 Å². The predicted molar refractivity (Wildman–Crippen MR) is 146 cm³/mol. The predicted octanol–water partition coefficient (Wildman–Crippen LogP) is 4.29. The van der Waals surface area contributed by atoms with Crippen LogP contribution in [0.25, 0.3) is 0 Å². The Kier molecular flexibility index (Phi) is 7.80. The highest BCUT2D eigenvalue weighted by Crippen LogP contribution is 2.38. The van der Waals surface area contributed by atoms with Crippen molar-refractivity contribution in [2.45, 2.75) is 42.7 Å². The second-order valence-corrected chi connectivity index (χ2v) is 10.7. The van der Waals surface area contributed by atoms with Crippen LogP contribution in [0.3, 0.4) is 0 Å². The van der Waals surface area contributed by atoms with Crippen LogP contribution in [-0.4, -0.2) is 71.3 Å². The topological polar surface area (TPSA) is 111 Å². The first-order valence-electron chi connectivity index (χ1n) is 12.8. The minimum absolute atomic E-state index is 0.123. The zero-order valence-corrected chi connectivity index (χ0v) is 22.4. The number of carbonyl (C=O) groups excluding carboxylic acids is 1. The second-order valence-electron chi connectivity index (χ2n) is 9.66. The summed E-state index contributed by atoms with van der Waals surface area (Å²) in [6.07, 6.45) is 4.25. The number of amides is 1. The first kappa shape index (κ1) is 25.3. The van der Waals surface area contributed by atoms with E-state index in [9.17, 15) is 4.79 Å². The van der Waals surface area contributed by atoms with Gasteiger partial charge in [0.15, 0.2) is 22.6 Å². The van der Waals surface area contributed by atoms with E-state index in [1.807, 2.05) is 37.3 Å². The Morgan fingerprint density at radius 1 is 1.11 bits per heavy atom. The van der Waals surface area contributed by atoms with E-state index in [0.717, 1.165) is 74.0 Å². The fourth-order valence-corrected chi connectivity index (χ4v) is 5.47. The molecule has 2 fully saturated rings. The number of anilines is 4. The van der Waals surface area contributed by atoms with E-state index in [0.29, 0.717) is 22.5 Å². The number of aryl methyl sites for hydroxylation is 1. The number of nitrogens with zero attached hydrogens (tertiary/aromatic N) is 5. The van der Waals surface area contributed by atoms with Gasteiger partial charge in [-0.05, 0) is 62.8 Å². The van der Waals surface area contributed by atoms with Crippen molar-refractivity contribution in [3.63, 3.8) is 0 Å². The third-order valence-electron chi connectivity index (χ3n) is 6.84. The average molecular weight is 523 g/mol. The fraction of sp³-hybridized carbons (Fsp3) is 0.462. The van der Waals surface area contributed by atoms with Crippen LogP contribution < -0.4 is 20.3 Å². The van der Waals surface area contributed by atoms with Gasteiger partial charge >= 0.3 is 0 Å². The van der Waals surface area contributed by atoms with Crippen LogP contribution in [0.15, 0.2) is 40.4 Å². The lowest BCUT2D eigenvalue weighted by atomic mass is 10.1. The van der Waals surface area contributed by atoms with Gasteiger partial charge in [-0.2, -0.15) is 5.10 Å². The van der Waals surface area contributed by atoms with Gasteiger partial charge in [0.1, 0.15) is 0 Å². The third-order valence-corrected chi connectivity index (χ3v) is 7.72. The van der Waals surface area contributed by atoms with Crippen molar-refractivity contribution in [3.05, 3.63) is 36.0 Å². The Labute approximate surface area is 221 Å². The molecule has 196 valence electrons. The minimum atomic E-state index is 0.123. The molecule has 1 aromatic carbocycles. The molecule has 1 saturated heterocycles. The first-order chi connectivity index (χ1) is 18.0. The van der Waals surface area contributed by atoms with E-state index in [1.165, 1.54) is 11.8 Å². The van der Waals surface area contributed by atoms with Gasteiger partial charge in [0.05, 0.1) is 7.11 Å². The van der Waals surface area contributed by atoms with Crippen LogP contribution in [0.4, 0.5) is 23.1 Å². The summed E-state index contributed by atoms with van der Waals surface area (Å²) in [5.41, 5.74) is 1.76. The van der Waals surface area contributed by atoms with Crippen molar-refractivity contribution < 1.29 is 9.53 Å². The normalized spacial score (nSPS) is 16.7. The molecule has 3 heterocycles. The van der Waals surface area contributed by atoms with Gasteiger partial charge in [-0.1, -0.05) is 12.8 Å². The summed E-state index contributed by atoms with van der Waals surface area (Å²) >= 11 is 1.47. The highest BCUT2D eigenvalue weighted by Gasteiger charge is 2.25. The summed E-state index contributed by atoms with van der Waals surface area (Å²) in [6.45, 7) is 5.55. The molecular weight excluding hydrogens is 488 g/mol. The van der Waals surface area contributed by atoms with Crippen LogP contribution in [0.5, 0.6) is 5.75 Å². The van der Waals surface area contributed by atoms with Crippen molar-refractivity contribution in [1.82, 2.24) is 25.1 Å². The molecule has 0 atom stereocenters. The largest absolute Gasteiger partial charge is 0.490 e. The van der Waals surface area contributed by atoms with E-state index in [4.69, 9.17) is 14.7 Å². The molecule has 2 aliphatic rings. The zero-order valence-electron chi connectivity index (χ0n) is 21.6. The maximum atomic E-state index is 12.5. The van der Waals surface area contributed by atoms with E-state index in [1.54, 1.807) is 7.11 Å². The quantitative estimate of drug-likeness (QED) is 0.373. The SMILES string of the molecule is COc1c(Nc2cc(C)[nH]n2)nc(Sc2ccc(NC(=O)C3CCCC3)cc2)nc1N1CCN(C)CC1. The van der Waals surface area contributed by atoms with Crippen LogP contribution in [0.1, 0.15) is 31.4 Å². The molecule has 0 radical (unpaired) electrons. The lowest BCUT2D eigenvalue weighted by Gasteiger charge is -2.34. The van der Waals surface area contributed by atoms with Gasteiger partial charge in [0.2, 0.25) is 11.7 Å². The Balaban J connectivity index is 1.38. The summed E-state index contributed by atoms with van der Waals surface area (Å²) in [6, 6.07) is 9.77. The molecule has 5 rings (SSSR count). The van der Waals surface area contributed by atoms with E-state index in [-0.39, 0.29) is 11.8 Å². The van der Waals surface area contributed by atoms with E-state index < -0.39 is 0 Å². The lowest BCUT2D eigenvalue weighted by Crippen LogP contribution is -2.45. The summed E-state index contributed by atoms with van der Waals surface area (Å²) in [7, 11) is 3.77. The number of carbonyl (C=O) groups is 1. The van der Waals surface area contributed by atoms with Crippen LogP contribution in [0, 0.1) is 12.8 Å². The van der Waals surface area contributed by atoms with E-state index in [2.05, 4.69) is 37.7 Å². The summed E-state index contributed by atoms with van der Waals surface area (Å²) in [4.78, 5) is 27.7. The monoisotopic (exact) mass is 522 g/mol. The molecule has 2 aromatic heterocycles. The van der Waals surface area contributed by atoms with Crippen LogP contribution in [0.2, 0.25) is 0 Å². The van der Waals surface area contributed by atoms with Gasteiger partial charge in [-0.15, -0.1) is 0 Å². The van der Waals surface area contributed by atoms with Crippen molar-refractivity contribution in [1.29, 1.82) is 0 Å². The van der Waals surface area contributed by atoms with Gasteiger partial charge in [0, 0.05) is 54.4 Å². The van der Waals surface area contributed by atoms with Crippen molar-refractivity contribution >= 4 is 40.8 Å².